The van der Waals surface area contributed by atoms with Crippen LogP contribution in [-0.2, 0) is 19.3 Å². The zero-order valence-corrected chi connectivity index (χ0v) is 14.8. The van der Waals surface area contributed by atoms with Gasteiger partial charge < -0.3 is 10.1 Å². The van der Waals surface area contributed by atoms with Crippen molar-refractivity contribution in [1.82, 2.24) is 5.32 Å². The first-order valence-electron chi connectivity index (χ1n) is 7.32. The van der Waals surface area contributed by atoms with E-state index in [9.17, 15) is 0 Å². The van der Waals surface area contributed by atoms with E-state index in [-0.39, 0.29) is 0 Å². The summed E-state index contributed by atoms with van der Waals surface area (Å²) >= 11 is 5.56. The highest BCUT2D eigenvalue weighted by Crippen LogP contribution is 2.35. The summed E-state index contributed by atoms with van der Waals surface area (Å²) in [7, 11) is 3.75. The summed E-state index contributed by atoms with van der Waals surface area (Å²) in [6.07, 6.45) is 4.86. The van der Waals surface area contributed by atoms with Crippen molar-refractivity contribution >= 4 is 27.3 Å². The van der Waals surface area contributed by atoms with Gasteiger partial charge in [0.25, 0.3) is 0 Å². The van der Waals surface area contributed by atoms with Crippen molar-refractivity contribution < 1.29 is 4.74 Å². The van der Waals surface area contributed by atoms with Crippen LogP contribution in [-0.4, -0.2) is 14.2 Å². The second kappa shape index (κ2) is 6.51. The van der Waals surface area contributed by atoms with Gasteiger partial charge in [-0.25, -0.2) is 0 Å². The molecule has 0 amide bonds. The molecule has 1 heterocycles. The van der Waals surface area contributed by atoms with Gasteiger partial charge in [-0.15, -0.1) is 11.3 Å². The molecular weight excluding hydrogens is 346 g/mol. The van der Waals surface area contributed by atoms with Crippen LogP contribution in [0.1, 0.15) is 33.3 Å². The Balaban J connectivity index is 1.79. The van der Waals surface area contributed by atoms with E-state index < -0.39 is 0 Å². The third-order valence-electron chi connectivity index (χ3n) is 4.11. The predicted octanol–water partition coefficient (Wildman–Crippen LogP) is 4.51. The van der Waals surface area contributed by atoms with Gasteiger partial charge in [-0.1, -0.05) is 6.07 Å². The van der Waals surface area contributed by atoms with Gasteiger partial charge in [-0.05, 0) is 78.0 Å². The highest BCUT2D eigenvalue weighted by atomic mass is 79.9. The molecule has 0 radical (unpaired) electrons. The third kappa shape index (κ3) is 3.17. The van der Waals surface area contributed by atoms with Gasteiger partial charge in [0.2, 0.25) is 0 Å². The van der Waals surface area contributed by atoms with Gasteiger partial charge in [0.1, 0.15) is 5.75 Å². The van der Waals surface area contributed by atoms with Crippen molar-refractivity contribution in [3.8, 4) is 5.75 Å². The molecule has 21 heavy (non-hydrogen) atoms. The maximum Gasteiger partial charge on any atom is 0.133 e. The minimum absolute atomic E-state index is 0.390. The van der Waals surface area contributed by atoms with E-state index in [1.165, 1.54) is 29.7 Å². The van der Waals surface area contributed by atoms with Gasteiger partial charge in [0, 0.05) is 15.8 Å². The molecule has 0 bridgehead atoms. The molecule has 1 N–H and O–H groups in total. The number of likely N-dealkylation sites (N-methyl/N-ethyl adjacent to an activating group) is 1. The fourth-order valence-corrected chi connectivity index (χ4v) is 4.90. The quantitative estimate of drug-likeness (QED) is 0.841. The number of thiophene rings is 1. The lowest BCUT2D eigenvalue weighted by molar-refractivity contribution is 0.412. The van der Waals surface area contributed by atoms with E-state index in [0.717, 1.165) is 16.6 Å². The Labute approximate surface area is 138 Å². The number of hydrogen-bond donors (Lipinski definition) is 1. The molecule has 4 heteroatoms. The van der Waals surface area contributed by atoms with E-state index in [4.69, 9.17) is 4.74 Å². The number of ether oxygens (including phenoxy) is 1. The van der Waals surface area contributed by atoms with Crippen LogP contribution in [0.25, 0.3) is 0 Å². The third-order valence-corrected chi connectivity index (χ3v) is 6.08. The minimum Gasteiger partial charge on any atom is -0.496 e. The number of halogens is 1. The van der Waals surface area contributed by atoms with E-state index in [0.29, 0.717) is 6.04 Å². The Bertz CT molecular complexity index is 616. The van der Waals surface area contributed by atoms with E-state index in [1.807, 2.05) is 24.5 Å². The summed E-state index contributed by atoms with van der Waals surface area (Å²) in [5, 5.41) is 3.47. The van der Waals surface area contributed by atoms with Crippen LogP contribution >= 0.6 is 27.3 Å². The zero-order chi connectivity index (χ0) is 14.8. The lowest BCUT2D eigenvalue weighted by atomic mass is 10.0. The molecule has 3 rings (SSSR count). The summed E-state index contributed by atoms with van der Waals surface area (Å²) in [6, 6.07) is 9.13. The van der Waals surface area contributed by atoms with Crippen molar-refractivity contribution in [2.24, 2.45) is 0 Å². The molecule has 1 aromatic carbocycles. The first-order chi connectivity index (χ1) is 10.2. The Kier molecular flexibility index (Phi) is 4.67. The molecule has 1 aromatic heterocycles. The summed E-state index contributed by atoms with van der Waals surface area (Å²) in [6.45, 7) is 0. The summed E-state index contributed by atoms with van der Waals surface area (Å²) in [5.74, 6) is 0.884. The average molecular weight is 366 g/mol. The van der Waals surface area contributed by atoms with E-state index >= 15 is 0 Å². The van der Waals surface area contributed by atoms with Crippen molar-refractivity contribution in [2.45, 2.75) is 31.7 Å². The van der Waals surface area contributed by atoms with Crippen molar-refractivity contribution in [2.75, 3.05) is 14.2 Å². The van der Waals surface area contributed by atoms with Gasteiger partial charge >= 0.3 is 0 Å². The second-order valence-electron chi connectivity index (χ2n) is 5.47. The Morgan fingerprint density at radius 1 is 1.33 bits per heavy atom. The highest BCUT2D eigenvalue weighted by molar-refractivity contribution is 9.10. The zero-order valence-electron chi connectivity index (χ0n) is 12.4. The standard InChI is InChI=1S/C17H20BrNOS/c1-19-14(17-10-12-4-3-5-16(12)21-17)9-11-6-7-15(20-2)13(18)8-11/h6-8,10,14,19H,3-5,9H2,1-2H3. The summed E-state index contributed by atoms with van der Waals surface area (Å²) in [5.41, 5.74) is 2.89. The lowest BCUT2D eigenvalue weighted by Gasteiger charge is -2.15. The molecule has 1 aliphatic carbocycles. The predicted molar refractivity (Wildman–Crippen MR) is 92.5 cm³/mol. The molecule has 2 nitrogen and oxygen atoms in total. The fraction of sp³-hybridized carbons (Fsp3) is 0.412. The molecule has 0 aliphatic heterocycles. The van der Waals surface area contributed by atoms with Gasteiger partial charge in [0.05, 0.1) is 11.6 Å². The van der Waals surface area contributed by atoms with Crippen LogP contribution < -0.4 is 10.1 Å². The summed E-state index contributed by atoms with van der Waals surface area (Å²) in [4.78, 5) is 3.07. The molecule has 1 atom stereocenters. The molecule has 0 saturated heterocycles. The molecule has 2 aromatic rings. The van der Waals surface area contributed by atoms with Crippen molar-refractivity contribution in [3.63, 3.8) is 0 Å². The fourth-order valence-electron chi connectivity index (χ4n) is 2.94. The average Bonchev–Trinajstić information content (AvgIpc) is 3.06. The maximum atomic E-state index is 5.30. The van der Waals surface area contributed by atoms with Crippen molar-refractivity contribution in [1.29, 1.82) is 0 Å². The first-order valence-corrected chi connectivity index (χ1v) is 8.93. The molecular formula is C17H20BrNOS. The molecule has 1 unspecified atom stereocenters. The van der Waals surface area contributed by atoms with Crippen LogP contribution in [0, 0.1) is 0 Å². The molecule has 0 saturated carbocycles. The number of rotatable bonds is 5. The Hall–Kier alpha value is -0.840. The van der Waals surface area contributed by atoms with Crippen LogP contribution in [0.2, 0.25) is 0 Å². The SMILES string of the molecule is CNC(Cc1ccc(OC)c(Br)c1)c1cc2c(s1)CCC2. The molecule has 0 spiro atoms. The van der Waals surface area contributed by atoms with Crippen LogP contribution in [0.5, 0.6) is 5.75 Å². The number of hydrogen-bond acceptors (Lipinski definition) is 3. The summed E-state index contributed by atoms with van der Waals surface area (Å²) < 4.78 is 6.32. The normalized spacial score (nSPS) is 15.0. The van der Waals surface area contributed by atoms with Gasteiger partial charge in [0.15, 0.2) is 0 Å². The van der Waals surface area contributed by atoms with Crippen LogP contribution in [0.15, 0.2) is 28.7 Å². The second-order valence-corrected chi connectivity index (χ2v) is 7.49. The van der Waals surface area contributed by atoms with Crippen LogP contribution in [0.3, 0.4) is 0 Å². The van der Waals surface area contributed by atoms with Gasteiger partial charge in [-0.3, -0.25) is 0 Å². The number of fused-ring (bicyclic) bond motifs is 1. The number of aryl methyl sites for hydroxylation is 2. The monoisotopic (exact) mass is 365 g/mol. The number of nitrogens with one attached hydrogen (secondary N) is 1. The van der Waals surface area contributed by atoms with E-state index in [1.54, 1.807) is 17.6 Å². The first kappa shape index (κ1) is 15.1. The minimum atomic E-state index is 0.390. The molecule has 112 valence electrons. The van der Waals surface area contributed by atoms with Gasteiger partial charge in [-0.2, -0.15) is 0 Å². The number of benzene rings is 1. The largest absolute Gasteiger partial charge is 0.496 e. The Morgan fingerprint density at radius 3 is 2.86 bits per heavy atom. The Morgan fingerprint density at radius 2 is 2.19 bits per heavy atom. The topological polar surface area (TPSA) is 21.3 Å². The molecule has 1 aliphatic rings. The lowest BCUT2D eigenvalue weighted by Crippen LogP contribution is -2.17. The van der Waals surface area contributed by atoms with E-state index in [2.05, 4.69) is 39.4 Å². The smallest absolute Gasteiger partial charge is 0.133 e. The van der Waals surface area contributed by atoms with Crippen molar-refractivity contribution in [3.05, 3.63) is 49.6 Å². The number of methoxy groups -OCH3 is 1. The highest BCUT2D eigenvalue weighted by Gasteiger charge is 2.19. The molecule has 0 fully saturated rings. The maximum absolute atomic E-state index is 5.30. The van der Waals surface area contributed by atoms with Crippen LogP contribution in [0.4, 0.5) is 0 Å².